The summed E-state index contributed by atoms with van der Waals surface area (Å²) in [6, 6.07) is 4.49. The molecule has 1 aliphatic heterocycles. The van der Waals surface area contributed by atoms with Crippen molar-refractivity contribution < 1.29 is 29.4 Å². The Hall–Kier alpha value is -3.77. The van der Waals surface area contributed by atoms with Crippen molar-refractivity contribution >= 4 is 23.7 Å². The molecule has 1 aromatic carbocycles. The fraction of sp³-hybridized carbons (Fsp3) is 0.458. The Morgan fingerprint density at radius 2 is 1.89 bits per heavy atom. The third kappa shape index (κ3) is 6.89. The minimum atomic E-state index is -1.38. The summed E-state index contributed by atoms with van der Waals surface area (Å²) in [4.78, 5) is 58.8. The number of benzene rings is 1. The van der Waals surface area contributed by atoms with E-state index in [2.05, 4.69) is 20.6 Å². The summed E-state index contributed by atoms with van der Waals surface area (Å²) in [5.41, 5.74) is 7.32. The van der Waals surface area contributed by atoms with Gasteiger partial charge < -0.3 is 36.5 Å². The number of hydrogen-bond donors (Lipinski definition) is 6. The predicted molar refractivity (Wildman–Crippen MR) is 128 cm³/mol. The van der Waals surface area contributed by atoms with Gasteiger partial charge in [0.25, 0.3) is 0 Å². The number of carboxylic acids is 1. The lowest BCUT2D eigenvalue weighted by atomic mass is 10.0. The smallest absolute Gasteiger partial charge is 0.326 e. The van der Waals surface area contributed by atoms with Crippen LogP contribution in [0.5, 0.6) is 0 Å². The van der Waals surface area contributed by atoms with Crippen molar-refractivity contribution in [3.05, 3.63) is 54.1 Å². The quantitative estimate of drug-likeness (QED) is 0.225. The monoisotopic (exact) mass is 500 g/mol. The molecule has 0 spiro atoms. The maximum absolute atomic E-state index is 13.4. The number of carbonyl (C=O) groups excluding carboxylic acids is 3. The number of aromatic amines is 1. The Morgan fingerprint density at radius 1 is 1.17 bits per heavy atom. The molecule has 7 N–H and O–H groups in total. The number of carboxylic acid groups (broad SMARTS) is 1. The van der Waals surface area contributed by atoms with Gasteiger partial charge in [0.1, 0.15) is 18.1 Å². The van der Waals surface area contributed by atoms with Crippen molar-refractivity contribution in [2.75, 3.05) is 6.54 Å². The van der Waals surface area contributed by atoms with Gasteiger partial charge in [0, 0.05) is 31.3 Å². The van der Waals surface area contributed by atoms with Gasteiger partial charge in [-0.1, -0.05) is 30.3 Å². The first-order valence-electron chi connectivity index (χ1n) is 11.8. The molecule has 2 heterocycles. The number of nitrogens with one attached hydrogen (secondary N) is 3. The van der Waals surface area contributed by atoms with E-state index in [1.54, 1.807) is 24.3 Å². The summed E-state index contributed by atoms with van der Waals surface area (Å²) in [7, 11) is 0. The Bertz CT molecular complexity index is 1040. The average molecular weight is 501 g/mol. The number of nitrogens with zero attached hydrogens (tertiary/aromatic N) is 2. The van der Waals surface area contributed by atoms with E-state index in [0.29, 0.717) is 18.5 Å². The van der Waals surface area contributed by atoms with Crippen LogP contribution in [0, 0.1) is 0 Å². The number of nitrogens with two attached hydrogens (primary N) is 1. The SMILES string of the molecule is CC(O)C(NC(=O)C(N)Cc1cnc[nH]1)C(=O)NC(Cc1ccccc1)C(=O)N1CCCC1C(=O)O. The number of aliphatic carboxylic acids is 1. The van der Waals surface area contributed by atoms with Crippen LogP contribution in [0.1, 0.15) is 31.0 Å². The minimum absolute atomic E-state index is 0.105. The Kier molecular flexibility index (Phi) is 9.14. The normalized spacial score (nSPS) is 18.6. The summed E-state index contributed by atoms with van der Waals surface area (Å²) in [6.07, 6.45) is 2.79. The second-order valence-corrected chi connectivity index (χ2v) is 8.89. The summed E-state index contributed by atoms with van der Waals surface area (Å²) >= 11 is 0. The second-order valence-electron chi connectivity index (χ2n) is 8.89. The molecule has 0 bridgehead atoms. The molecule has 1 saturated heterocycles. The number of likely N-dealkylation sites (tertiary alicyclic amines) is 1. The molecule has 3 rings (SSSR count). The molecule has 5 unspecified atom stereocenters. The molecule has 3 amide bonds. The van der Waals surface area contributed by atoms with Gasteiger partial charge in [-0.3, -0.25) is 14.4 Å². The molecule has 0 aliphatic carbocycles. The highest BCUT2D eigenvalue weighted by atomic mass is 16.4. The largest absolute Gasteiger partial charge is 0.480 e. The van der Waals surface area contributed by atoms with E-state index in [-0.39, 0.29) is 19.4 Å². The first-order chi connectivity index (χ1) is 17.2. The van der Waals surface area contributed by atoms with Gasteiger partial charge in [0.15, 0.2) is 0 Å². The van der Waals surface area contributed by atoms with E-state index >= 15 is 0 Å². The molecule has 12 nitrogen and oxygen atoms in total. The number of aliphatic hydroxyl groups is 1. The lowest BCUT2D eigenvalue weighted by Crippen LogP contribution is -2.60. The summed E-state index contributed by atoms with van der Waals surface area (Å²) < 4.78 is 0. The first-order valence-corrected chi connectivity index (χ1v) is 11.8. The van der Waals surface area contributed by atoms with Gasteiger partial charge >= 0.3 is 5.97 Å². The molecule has 12 heteroatoms. The molecule has 194 valence electrons. The van der Waals surface area contributed by atoms with E-state index in [0.717, 1.165) is 5.56 Å². The van der Waals surface area contributed by atoms with Crippen LogP contribution in [0.25, 0.3) is 0 Å². The lowest BCUT2D eigenvalue weighted by Gasteiger charge is -2.29. The van der Waals surface area contributed by atoms with E-state index in [1.165, 1.54) is 24.3 Å². The first kappa shape index (κ1) is 26.8. The molecule has 0 radical (unpaired) electrons. The number of imidazole rings is 1. The van der Waals surface area contributed by atoms with Crippen LogP contribution in [0.3, 0.4) is 0 Å². The molecule has 5 atom stereocenters. The van der Waals surface area contributed by atoms with E-state index in [4.69, 9.17) is 5.73 Å². The van der Waals surface area contributed by atoms with Crippen LogP contribution in [0.4, 0.5) is 0 Å². The molecule has 36 heavy (non-hydrogen) atoms. The summed E-state index contributed by atoms with van der Waals surface area (Å²) in [5.74, 6) is -3.09. The van der Waals surface area contributed by atoms with Gasteiger partial charge in [0.2, 0.25) is 17.7 Å². The fourth-order valence-electron chi connectivity index (χ4n) is 4.19. The zero-order chi connectivity index (χ0) is 26.2. The number of hydrogen-bond acceptors (Lipinski definition) is 7. The van der Waals surface area contributed by atoms with Crippen molar-refractivity contribution in [1.82, 2.24) is 25.5 Å². The van der Waals surface area contributed by atoms with Crippen molar-refractivity contribution in [3.8, 4) is 0 Å². The Morgan fingerprint density at radius 3 is 2.50 bits per heavy atom. The van der Waals surface area contributed by atoms with Crippen LogP contribution in [0.2, 0.25) is 0 Å². The van der Waals surface area contributed by atoms with Crippen molar-refractivity contribution in [3.63, 3.8) is 0 Å². The van der Waals surface area contributed by atoms with Crippen LogP contribution >= 0.6 is 0 Å². The molecular formula is C24H32N6O6. The number of aromatic nitrogens is 2. The number of amides is 3. The average Bonchev–Trinajstić information content (AvgIpc) is 3.54. The van der Waals surface area contributed by atoms with Crippen molar-refractivity contribution in [2.45, 2.75) is 62.9 Å². The molecule has 2 aromatic rings. The molecule has 1 aromatic heterocycles. The van der Waals surface area contributed by atoms with Crippen molar-refractivity contribution in [2.24, 2.45) is 5.73 Å². The number of carbonyl (C=O) groups is 4. The molecule has 1 fully saturated rings. The molecule has 1 aliphatic rings. The topological polar surface area (TPSA) is 191 Å². The van der Waals surface area contributed by atoms with E-state index in [1.807, 2.05) is 6.07 Å². The Labute approximate surface area is 208 Å². The summed E-state index contributed by atoms with van der Waals surface area (Å²) in [5, 5.41) is 24.8. The van der Waals surface area contributed by atoms with Crippen LogP contribution in [-0.2, 0) is 32.0 Å². The summed E-state index contributed by atoms with van der Waals surface area (Å²) in [6.45, 7) is 1.59. The lowest BCUT2D eigenvalue weighted by molar-refractivity contribution is -0.149. The highest BCUT2D eigenvalue weighted by molar-refractivity contribution is 5.94. The molecular weight excluding hydrogens is 468 g/mol. The number of rotatable bonds is 11. The van der Waals surface area contributed by atoms with Crippen LogP contribution in [0.15, 0.2) is 42.9 Å². The maximum Gasteiger partial charge on any atom is 0.326 e. The fourth-order valence-corrected chi connectivity index (χ4v) is 4.19. The van der Waals surface area contributed by atoms with Crippen LogP contribution in [-0.4, -0.2) is 85.6 Å². The number of H-pyrrole nitrogens is 1. The highest BCUT2D eigenvalue weighted by Gasteiger charge is 2.39. The van der Waals surface area contributed by atoms with E-state index < -0.39 is 54.0 Å². The standard InChI is InChI=1S/C24H32N6O6/c1-14(31)20(29-21(32)17(25)11-16-12-26-13-27-16)22(33)28-18(10-15-6-3-2-4-7-15)23(34)30-9-5-8-19(30)24(35)36/h2-4,6-7,12-14,17-20,31H,5,8-11,25H2,1H3,(H,26,27)(H,28,33)(H,29,32)(H,35,36). The van der Waals surface area contributed by atoms with Gasteiger partial charge in [-0.05, 0) is 25.3 Å². The maximum atomic E-state index is 13.4. The van der Waals surface area contributed by atoms with Gasteiger partial charge in [-0.25, -0.2) is 9.78 Å². The second kappa shape index (κ2) is 12.3. The van der Waals surface area contributed by atoms with Gasteiger partial charge in [-0.15, -0.1) is 0 Å². The van der Waals surface area contributed by atoms with Crippen molar-refractivity contribution in [1.29, 1.82) is 0 Å². The third-order valence-corrected chi connectivity index (χ3v) is 6.11. The Balaban J connectivity index is 1.75. The zero-order valence-corrected chi connectivity index (χ0v) is 20.0. The zero-order valence-electron chi connectivity index (χ0n) is 20.0. The van der Waals surface area contributed by atoms with Gasteiger partial charge in [-0.2, -0.15) is 0 Å². The van der Waals surface area contributed by atoms with Gasteiger partial charge in [0.05, 0.1) is 18.5 Å². The highest BCUT2D eigenvalue weighted by Crippen LogP contribution is 2.20. The molecule has 0 saturated carbocycles. The predicted octanol–water partition coefficient (Wildman–Crippen LogP) is -1.05. The van der Waals surface area contributed by atoms with E-state index in [9.17, 15) is 29.4 Å². The number of aliphatic hydroxyl groups excluding tert-OH is 1. The van der Waals surface area contributed by atoms with Crippen LogP contribution < -0.4 is 16.4 Å². The third-order valence-electron chi connectivity index (χ3n) is 6.11. The minimum Gasteiger partial charge on any atom is -0.480 e.